The molecule has 3 aromatic rings. The molecular weight excluding hydrogens is 312 g/mol. The lowest BCUT2D eigenvalue weighted by Crippen LogP contribution is -2.44. The largest absolute Gasteiger partial charge is 0.297 e. The fourth-order valence-electron chi connectivity index (χ4n) is 3.58. The van der Waals surface area contributed by atoms with Gasteiger partial charge in [0.2, 0.25) is 0 Å². The van der Waals surface area contributed by atoms with Gasteiger partial charge in [0.05, 0.1) is 16.9 Å². The molecule has 0 aromatic carbocycles. The Morgan fingerprint density at radius 2 is 2.32 bits per heavy atom. The van der Waals surface area contributed by atoms with Gasteiger partial charge in [-0.2, -0.15) is 0 Å². The Kier molecular flexibility index (Phi) is 3.55. The quantitative estimate of drug-likeness (QED) is 0.733. The zero-order chi connectivity index (χ0) is 15.2. The van der Waals surface area contributed by atoms with E-state index in [9.17, 15) is 0 Å². The maximum absolute atomic E-state index is 4.91. The molecule has 1 saturated heterocycles. The third-order valence-electron chi connectivity index (χ3n) is 4.65. The van der Waals surface area contributed by atoms with Crippen molar-refractivity contribution in [3.8, 4) is 0 Å². The molecule has 0 aliphatic carbocycles. The van der Waals surface area contributed by atoms with E-state index in [1.807, 2.05) is 5.51 Å². The van der Waals surface area contributed by atoms with Crippen LogP contribution in [0.2, 0.25) is 0 Å². The van der Waals surface area contributed by atoms with Crippen molar-refractivity contribution in [1.29, 1.82) is 0 Å². The van der Waals surface area contributed by atoms with Gasteiger partial charge in [0.1, 0.15) is 10.7 Å². The molecule has 0 N–H and O–H groups in total. The van der Waals surface area contributed by atoms with E-state index in [1.54, 1.807) is 22.7 Å². The van der Waals surface area contributed by atoms with Gasteiger partial charge in [-0.05, 0) is 26.3 Å². The van der Waals surface area contributed by atoms with Gasteiger partial charge in [0.15, 0.2) is 0 Å². The Bertz CT molecular complexity index is 773. The Labute approximate surface area is 138 Å². The zero-order valence-corrected chi connectivity index (χ0v) is 14.6. The van der Waals surface area contributed by atoms with Crippen molar-refractivity contribution >= 4 is 27.5 Å². The van der Waals surface area contributed by atoms with Gasteiger partial charge in [0.25, 0.3) is 0 Å². The van der Waals surface area contributed by atoms with Crippen molar-refractivity contribution in [1.82, 2.24) is 19.3 Å². The van der Waals surface area contributed by atoms with Gasteiger partial charge in [-0.1, -0.05) is 6.92 Å². The van der Waals surface area contributed by atoms with Gasteiger partial charge in [-0.25, -0.2) is 9.97 Å². The van der Waals surface area contributed by atoms with Crippen molar-refractivity contribution in [2.24, 2.45) is 0 Å². The minimum Gasteiger partial charge on any atom is -0.297 e. The Morgan fingerprint density at radius 1 is 1.41 bits per heavy atom. The van der Waals surface area contributed by atoms with Crippen LogP contribution >= 0.6 is 22.7 Å². The van der Waals surface area contributed by atoms with E-state index < -0.39 is 0 Å². The van der Waals surface area contributed by atoms with Crippen LogP contribution in [0, 0.1) is 6.92 Å². The van der Waals surface area contributed by atoms with Crippen molar-refractivity contribution in [2.45, 2.75) is 38.6 Å². The van der Waals surface area contributed by atoms with Crippen LogP contribution in [0.5, 0.6) is 0 Å². The molecule has 3 aromatic heterocycles. The number of aryl methyl sites for hydroxylation is 1. The molecule has 4 heterocycles. The standard InChI is InChI=1S/C16H20N4S2/c1-12-18-14(15-20(12)6-7-22-15)16(2)4-3-5-19(10-16)8-13-9-21-11-17-13/h6-7,9,11H,3-5,8,10H2,1-2H3/t16-/m1/s1. The number of hydrogen-bond acceptors (Lipinski definition) is 5. The van der Waals surface area contributed by atoms with E-state index in [4.69, 9.17) is 4.98 Å². The number of hydrogen-bond donors (Lipinski definition) is 0. The summed E-state index contributed by atoms with van der Waals surface area (Å²) in [5.74, 6) is 1.10. The highest BCUT2D eigenvalue weighted by Gasteiger charge is 2.36. The van der Waals surface area contributed by atoms with E-state index in [0.717, 1.165) is 25.5 Å². The Balaban J connectivity index is 1.63. The van der Waals surface area contributed by atoms with Crippen LogP contribution in [-0.4, -0.2) is 32.4 Å². The van der Waals surface area contributed by atoms with Crippen molar-refractivity contribution in [3.63, 3.8) is 0 Å². The van der Waals surface area contributed by atoms with E-state index >= 15 is 0 Å². The SMILES string of the molecule is Cc1nc([C@]2(C)CCCN(Cc3cscn3)C2)c2sccn12. The lowest BCUT2D eigenvalue weighted by molar-refractivity contribution is 0.147. The van der Waals surface area contributed by atoms with Crippen LogP contribution < -0.4 is 0 Å². The monoisotopic (exact) mass is 332 g/mol. The van der Waals surface area contributed by atoms with Crippen molar-refractivity contribution in [2.75, 3.05) is 13.1 Å². The summed E-state index contributed by atoms with van der Waals surface area (Å²) in [6, 6.07) is 0. The van der Waals surface area contributed by atoms with E-state index in [0.29, 0.717) is 0 Å². The Morgan fingerprint density at radius 3 is 3.14 bits per heavy atom. The molecule has 6 heteroatoms. The first-order chi connectivity index (χ1) is 10.7. The number of aromatic nitrogens is 3. The molecule has 0 unspecified atom stereocenters. The molecular formula is C16H20N4S2. The summed E-state index contributed by atoms with van der Waals surface area (Å²) in [6.45, 7) is 7.66. The molecule has 1 fully saturated rings. The fraction of sp³-hybridized carbons (Fsp3) is 0.500. The van der Waals surface area contributed by atoms with E-state index in [1.165, 1.54) is 29.1 Å². The van der Waals surface area contributed by atoms with Gasteiger partial charge < -0.3 is 0 Å². The maximum atomic E-state index is 4.91. The summed E-state index contributed by atoms with van der Waals surface area (Å²) in [7, 11) is 0. The second-order valence-corrected chi connectivity index (χ2v) is 8.05. The summed E-state index contributed by atoms with van der Waals surface area (Å²) in [5.41, 5.74) is 4.53. The second-order valence-electron chi connectivity index (χ2n) is 6.44. The predicted molar refractivity (Wildman–Crippen MR) is 91.8 cm³/mol. The molecule has 0 amide bonds. The summed E-state index contributed by atoms with van der Waals surface area (Å²) < 4.78 is 2.23. The molecule has 22 heavy (non-hydrogen) atoms. The number of rotatable bonds is 3. The Hall–Kier alpha value is -1.24. The van der Waals surface area contributed by atoms with Crippen LogP contribution in [0.15, 0.2) is 22.5 Å². The first-order valence-electron chi connectivity index (χ1n) is 7.68. The average molecular weight is 332 g/mol. The van der Waals surface area contributed by atoms with Crippen LogP contribution in [0.4, 0.5) is 0 Å². The highest BCUT2D eigenvalue weighted by Crippen LogP contribution is 2.37. The van der Waals surface area contributed by atoms with Gasteiger partial charge in [0, 0.05) is 35.5 Å². The first-order valence-corrected chi connectivity index (χ1v) is 9.50. The molecule has 116 valence electrons. The molecule has 4 rings (SSSR count). The first kappa shape index (κ1) is 14.4. The number of likely N-dealkylation sites (tertiary alicyclic amines) is 1. The fourth-order valence-corrected chi connectivity index (χ4v) is 5.15. The van der Waals surface area contributed by atoms with Gasteiger partial charge in [-0.3, -0.25) is 9.30 Å². The molecule has 0 saturated carbocycles. The summed E-state index contributed by atoms with van der Waals surface area (Å²) in [5, 5.41) is 4.32. The highest BCUT2D eigenvalue weighted by molar-refractivity contribution is 7.15. The maximum Gasteiger partial charge on any atom is 0.123 e. The molecule has 1 aliphatic heterocycles. The van der Waals surface area contributed by atoms with Crippen molar-refractivity contribution in [3.05, 3.63) is 39.7 Å². The number of piperidine rings is 1. The summed E-state index contributed by atoms with van der Waals surface area (Å²) in [6.07, 6.45) is 4.57. The molecule has 1 aliphatic rings. The smallest absolute Gasteiger partial charge is 0.123 e. The van der Waals surface area contributed by atoms with Crippen LogP contribution in [0.3, 0.4) is 0 Å². The van der Waals surface area contributed by atoms with Gasteiger partial charge in [-0.15, -0.1) is 22.7 Å². The van der Waals surface area contributed by atoms with Crippen molar-refractivity contribution < 1.29 is 0 Å². The minimum atomic E-state index is 0.138. The predicted octanol–water partition coefficient (Wildman–Crippen LogP) is 3.71. The zero-order valence-electron chi connectivity index (χ0n) is 13.0. The molecule has 0 bridgehead atoms. The van der Waals surface area contributed by atoms with Crippen LogP contribution in [-0.2, 0) is 12.0 Å². The molecule has 1 atom stereocenters. The molecule has 0 spiro atoms. The van der Waals surface area contributed by atoms with Gasteiger partial charge >= 0.3 is 0 Å². The third kappa shape index (κ3) is 2.39. The van der Waals surface area contributed by atoms with Crippen LogP contribution in [0.25, 0.3) is 4.83 Å². The van der Waals surface area contributed by atoms with E-state index in [-0.39, 0.29) is 5.41 Å². The number of fused-ring (bicyclic) bond motifs is 1. The van der Waals surface area contributed by atoms with Crippen LogP contribution in [0.1, 0.15) is 37.0 Å². The average Bonchev–Trinajstić information content (AvgIpc) is 3.19. The molecule has 4 nitrogen and oxygen atoms in total. The normalized spacial score (nSPS) is 23.4. The topological polar surface area (TPSA) is 33.4 Å². The lowest BCUT2D eigenvalue weighted by Gasteiger charge is -2.39. The van der Waals surface area contributed by atoms with E-state index in [2.05, 4.69) is 45.1 Å². The highest BCUT2D eigenvalue weighted by atomic mass is 32.1. The lowest BCUT2D eigenvalue weighted by atomic mass is 9.79. The minimum absolute atomic E-state index is 0.138. The number of thiazole rings is 2. The number of nitrogens with zero attached hydrogens (tertiary/aromatic N) is 4. The third-order valence-corrected chi connectivity index (χ3v) is 6.16. The molecule has 0 radical (unpaired) electrons. The summed E-state index contributed by atoms with van der Waals surface area (Å²) in [4.78, 5) is 13.2. The summed E-state index contributed by atoms with van der Waals surface area (Å²) >= 11 is 3.48. The second kappa shape index (κ2) is 5.44. The number of imidazole rings is 1.